The van der Waals surface area contributed by atoms with Gasteiger partial charge in [0.15, 0.2) is 0 Å². The molecule has 0 atom stereocenters. The number of methoxy groups -OCH3 is 2. The first-order valence-corrected chi connectivity index (χ1v) is 4.85. The van der Waals surface area contributed by atoms with E-state index in [9.17, 15) is 0 Å². The largest absolute Gasteiger partial charge is 0.481 e. The first-order valence-electron chi connectivity index (χ1n) is 4.85. The summed E-state index contributed by atoms with van der Waals surface area (Å²) in [5.74, 6) is 0.966. The highest BCUT2D eigenvalue weighted by molar-refractivity contribution is 5.54. The summed E-state index contributed by atoms with van der Waals surface area (Å²) in [6.45, 7) is 0. The minimum Gasteiger partial charge on any atom is -0.481 e. The van der Waals surface area contributed by atoms with E-state index in [-0.39, 0.29) is 0 Å². The van der Waals surface area contributed by atoms with Gasteiger partial charge in [0.25, 0.3) is 0 Å². The van der Waals surface area contributed by atoms with E-state index in [1.165, 1.54) is 7.11 Å². The number of aromatic nitrogens is 1. The second-order valence-electron chi connectivity index (χ2n) is 3.43. The number of nitrogens with zero attached hydrogens (tertiary/aromatic N) is 2. The molecule has 4 heteroatoms. The van der Waals surface area contributed by atoms with E-state index >= 15 is 0 Å². The first kappa shape index (κ1) is 9.78. The Bertz CT molecular complexity index is 435. The fourth-order valence-electron chi connectivity index (χ4n) is 2.03. The molecule has 0 aromatic carbocycles. The van der Waals surface area contributed by atoms with Crippen molar-refractivity contribution in [3.63, 3.8) is 0 Å². The van der Waals surface area contributed by atoms with Crippen molar-refractivity contribution in [2.75, 3.05) is 14.2 Å². The van der Waals surface area contributed by atoms with E-state index in [1.807, 2.05) is 0 Å². The molecule has 1 aliphatic rings. The molecular formula is C11H12N2O2. The van der Waals surface area contributed by atoms with Crippen LogP contribution < -0.4 is 9.47 Å². The summed E-state index contributed by atoms with van der Waals surface area (Å²) in [5.41, 5.74) is 2.67. The predicted octanol–water partition coefficient (Wildman–Crippen LogP) is 1.46. The standard InChI is InChI=1S/C11H12N2O2/c1-14-10-8-5-3-4-7(8)9(6-12)11(13-10)15-2/h3-5H2,1-2H3. The molecule has 15 heavy (non-hydrogen) atoms. The van der Waals surface area contributed by atoms with Gasteiger partial charge in [-0.1, -0.05) is 0 Å². The average Bonchev–Trinajstić information content (AvgIpc) is 2.75. The Morgan fingerprint density at radius 2 is 1.80 bits per heavy atom. The Morgan fingerprint density at radius 3 is 2.40 bits per heavy atom. The van der Waals surface area contributed by atoms with E-state index in [1.54, 1.807) is 7.11 Å². The van der Waals surface area contributed by atoms with Gasteiger partial charge < -0.3 is 9.47 Å². The van der Waals surface area contributed by atoms with Crippen molar-refractivity contribution in [3.05, 3.63) is 16.7 Å². The smallest absolute Gasteiger partial charge is 0.235 e. The van der Waals surface area contributed by atoms with E-state index in [0.717, 1.165) is 30.4 Å². The molecule has 1 aliphatic carbocycles. The molecule has 1 aromatic rings. The van der Waals surface area contributed by atoms with Crippen LogP contribution in [-0.4, -0.2) is 19.2 Å². The number of hydrogen-bond donors (Lipinski definition) is 0. The second kappa shape index (κ2) is 3.77. The fourth-order valence-corrected chi connectivity index (χ4v) is 2.03. The van der Waals surface area contributed by atoms with Crippen LogP contribution in [0.2, 0.25) is 0 Å². The van der Waals surface area contributed by atoms with Crippen molar-refractivity contribution in [3.8, 4) is 17.8 Å². The van der Waals surface area contributed by atoms with Gasteiger partial charge in [-0.25, -0.2) is 0 Å². The Kier molecular flexibility index (Phi) is 2.46. The number of hydrogen-bond acceptors (Lipinski definition) is 4. The maximum absolute atomic E-state index is 9.07. The lowest BCUT2D eigenvalue weighted by molar-refractivity contribution is 0.360. The molecule has 4 nitrogen and oxygen atoms in total. The van der Waals surface area contributed by atoms with Gasteiger partial charge >= 0.3 is 0 Å². The maximum atomic E-state index is 9.07. The van der Waals surface area contributed by atoms with Crippen LogP contribution in [-0.2, 0) is 12.8 Å². The highest BCUT2D eigenvalue weighted by Gasteiger charge is 2.24. The minimum atomic E-state index is 0.370. The van der Waals surface area contributed by atoms with Crippen molar-refractivity contribution in [1.29, 1.82) is 5.26 Å². The van der Waals surface area contributed by atoms with E-state index in [0.29, 0.717) is 17.3 Å². The summed E-state index contributed by atoms with van der Waals surface area (Å²) in [4.78, 5) is 4.19. The molecule has 0 saturated carbocycles. The molecular weight excluding hydrogens is 192 g/mol. The van der Waals surface area contributed by atoms with Crippen LogP contribution in [0, 0.1) is 11.3 Å². The molecule has 78 valence electrons. The number of fused-ring (bicyclic) bond motifs is 1. The van der Waals surface area contributed by atoms with Gasteiger partial charge in [-0.05, 0) is 24.8 Å². The summed E-state index contributed by atoms with van der Waals surface area (Å²) in [6, 6.07) is 2.16. The molecule has 1 aromatic heterocycles. The zero-order valence-corrected chi connectivity index (χ0v) is 8.83. The number of ether oxygens (including phenoxy) is 2. The Morgan fingerprint density at radius 1 is 1.13 bits per heavy atom. The molecule has 0 aliphatic heterocycles. The summed E-state index contributed by atoms with van der Waals surface area (Å²) in [5, 5.41) is 9.07. The fraction of sp³-hybridized carbons (Fsp3) is 0.455. The Balaban J connectivity index is 2.67. The average molecular weight is 204 g/mol. The zero-order chi connectivity index (χ0) is 10.8. The second-order valence-corrected chi connectivity index (χ2v) is 3.43. The monoisotopic (exact) mass is 204 g/mol. The van der Waals surface area contributed by atoms with Crippen LogP contribution in [0.5, 0.6) is 11.8 Å². The van der Waals surface area contributed by atoms with Crippen molar-refractivity contribution in [2.45, 2.75) is 19.3 Å². The van der Waals surface area contributed by atoms with Crippen LogP contribution >= 0.6 is 0 Å². The van der Waals surface area contributed by atoms with Gasteiger partial charge in [0.05, 0.1) is 14.2 Å². The SMILES string of the molecule is COc1nc(OC)c2c(c1C#N)CCC2. The lowest BCUT2D eigenvalue weighted by atomic mass is 10.1. The third-order valence-corrected chi connectivity index (χ3v) is 2.69. The molecule has 0 N–H and O–H groups in total. The summed E-state index contributed by atoms with van der Waals surface area (Å²) < 4.78 is 10.3. The molecule has 0 bridgehead atoms. The number of rotatable bonds is 2. The van der Waals surface area contributed by atoms with Crippen LogP contribution in [0.1, 0.15) is 23.1 Å². The zero-order valence-electron chi connectivity index (χ0n) is 8.83. The normalized spacial score (nSPS) is 13.1. The van der Waals surface area contributed by atoms with Gasteiger partial charge in [0.1, 0.15) is 11.6 Å². The van der Waals surface area contributed by atoms with Gasteiger partial charge in [-0.2, -0.15) is 10.2 Å². The molecule has 1 heterocycles. The van der Waals surface area contributed by atoms with Crippen molar-refractivity contribution in [1.82, 2.24) is 4.98 Å². The number of nitriles is 1. The topological polar surface area (TPSA) is 55.1 Å². The lowest BCUT2D eigenvalue weighted by Crippen LogP contribution is -2.02. The predicted molar refractivity (Wildman–Crippen MR) is 54.1 cm³/mol. The summed E-state index contributed by atoms with van der Waals surface area (Å²) >= 11 is 0. The first-order chi connectivity index (χ1) is 7.31. The van der Waals surface area contributed by atoms with Crippen molar-refractivity contribution in [2.24, 2.45) is 0 Å². The molecule has 0 fully saturated rings. The minimum absolute atomic E-state index is 0.370. The highest BCUT2D eigenvalue weighted by atomic mass is 16.5. The summed E-state index contributed by atoms with van der Waals surface area (Å²) in [6.07, 6.45) is 2.90. The van der Waals surface area contributed by atoms with Crippen molar-refractivity contribution >= 4 is 0 Å². The molecule has 0 unspecified atom stereocenters. The third kappa shape index (κ3) is 1.40. The van der Waals surface area contributed by atoms with Crippen LogP contribution in [0.3, 0.4) is 0 Å². The highest BCUT2D eigenvalue weighted by Crippen LogP contribution is 2.35. The van der Waals surface area contributed by atoms with Gasteiger partial charge in [0.2, 0.25) is 11.8 Å². The number of pyridine rings is 1. The van der Waals surface area contributed by atoms with Crippen molar-refractivity contribution < 1.29 is 9.47 Å². The van der Waals surface area contributed by atoms with E-state index < -0.39 is 0 Å². The van der Waals surface area contributed by atoms with E-state index in [4.69, 9.17) is 14.7 Å². The lowest BCUT2D eigenvalue weighted by Gasteiger charge is -2.10. The van der Waals surface area contributed by atoms with Gasteiger partial charge in [-0.3, -0.25) is 0 Å². The van der Waals surface area contributed by atoms with E-state index in [2.05, 4.69) is 11.1 Å². The molecule has 0 radical (unpaired) electrons. The van der Waals surface area contributed by atoms with Gasteiger partial charge in [0, 0.05) is 5.56 Å². The van der Waals surface area contributed by atoms with Gasteiger partial charge in [-0.15, -0.1) is 0 Å². The quantitative estimate of drug-likeness (QED) is 0.731. The van der Waals surface area contributed by atoms with Crippen LogP contribution in [0.25, 0.3) is 0 Å². The Labute approximate surface area is 88.5 Å². The van der Waals surface area contributed by atoms with Crippen LogP contribution in [0.4, 0.5) is 0 Å². The Hall–Kier alpha value is -1.76. The molecule has 0 saturated heterocycles. The van der Waals surface area contributed by atoms with Crippen LogP contribution in [0.15, 0.2) is 0 Å². The maximum Gasteiger partial charge on any atom is 0.235 e. The molecule has 0 spiro atoms. The third-order valence-electron chi connectivity index (χ3n) is 2.69. The molecule has 0 amide bonds. The summed E-state index contributed by atoms with van der Waals surface area (Å²) in [7, 11) is 3.11. The molecule has 2 rings (SSSR count).